The number of carbonyl (C=O) groups is 1. The van der Waals surface area contributed by atoms with E-state index in [1.165, 1.54) is 12.1 Å². The van der Waals surface area contributed by atoms with Crippen LogP contribution >= 0.6 is 11.6 Å². The van der Waals surface area contributed by atoms with Crippen molar-refractivity contribution in [3.05, 3.63) is 34.6 Å². The normalized spacial score (nSPS) is 11.6. The highest BCUT2D eigenvalue weighted by atomic mass is 35.5. The maximum Gasteiger partial charge on any atom is 0.251 e. The van der Waals surface area contributed by atoms with Gasteiger partial charge in [-0.15, -0.1) is 12.3 Å². The number of amides is 1. The van der Waals surface area contributed by atoms with Gasteiger partial charge < -0.3 is 5.32 Å². The van der Waals surface area contributed by atoms with Gasteiger partial charge in [0.15, 0.2) is 0 Å². The Hall–Kier alpha value is -1.53. The minimum absolute atomic E-state index is 0.00258. The van der Waals surface area contributed by atoms with Gasteiger partial charge in [-0.2, -0.15) is 0 Å². The van der Waals surface area contributed by atoms with Gasteiger partial charge in [0, 0.05) is 18.0 Å². The van der Waals surface area contributed by atoms with Crippen LogP contribution in [0.1, 0.15) is 30.1 Å². The molecule has 0 aliphatic rings. The van der Waals surface area contributed by atoms with Gasteiger partial charge >= 0.3 is 0 Å². The van der Waals surface area contributed by atoms with Crippen LogP contribution in [0.4, 0.5) is 4.39 Å². The van der Waals surface area contributed by atoms with Crippen molar-refractivity contribution >= 4 is 17.5 Å². The molecular weight excluding hydrogens is 241 g/mol. The number of halogens is 2. The van der Waals surface area contributed by atoms with Crippen LogP contribution in [0, 0.1) is 18.2 Å². The van der Waals surface area contributed by atoms with E-state index in [9.17, 15) is 9.18 Å². The topological polar surface area (TPSA) is 29.1 Å². The zero-order valence-corrected chi connectivity index (χ0v) is 10.2. The van der Waals surface area contributed by atoms with Crippen LogP contribution in [0.5, 0.6) is 0 Å². The number of nitrogens with one attached hydrogen (secondary N) is 1. The fourth-order valence-electron chi connectivity index (χ4n) is 1.35. The third-order valence-corrected chi connectivity index (χ3v) is 2.68. The van der Waals surface area contributed by atoms with Gasteiger partial charge in [-0.25, -0.2) is 4.39 Å². The minimum Gasteiger partial charge on any atom is -0.348 e. The maximum absolute atomic E-state index is 13.2. The summed E-state index contributed by atoms with van der Waals surface area (Å²) in [4.78, 5) is 11.8. The lowest BCUT2D eigenvalue weighted by Crippen LogP contribution is -2.34. The summed E-state index contributed by atoms with van der Waals surface area (Å²) >= 11 is 5.53. The second-order valence-corrected chi connectivity index (χ2v) is 4.02. The van der Waals surface area contributed by atoms with E-state index in [1.807, 2.05) is 6.92 Å². The van der Waals surface area contributed by atoms with Crippen molar-refractivity contribution in [1.29, 1.82) is 0 Å². The van der Waals surface area contributed by atoms with E-state index in [0.717, 1.165) is 12.5 Å². The molecular formula is C13H13ClFNO. The number of carbonyl (C=O) groups excluding carboxylic acids is 1. The average Bonchev–Trinajstić information content (AvgIpc) is 2.31. The Morgan fingerprint density at radius 1 is 1.65 bits per heavy atom. The standard InChI is InChI=1S/C13H13ClFNO/c1-3-5-10(4-2)16-13(17)9-6-7-11(14)12(15)8-9/h1,6-8,10H,4-5H2,2H3,(H,16,17). The first kappa shape index (κ1) is 13.5. The molecule has 0 fully saturated rings. The summed E-state index contributed by atoms with van der Waals surface area (Å²) in [7, 11) is 0. The molecule has 0 aromatic heterocycles. The Morgan fingerprint density at radius 2 is 2.35 bits per heavy atom. The quantitative estimate of drug-likeness (QED) is 0.821. The maximum atomic E-state index is 13.2. The van der Waals surface area contributed by atoms with Crippen molar-refractivity contribution in [1.82, 2.24) is 5.32 Å². The van der Waals surface area contributed by atoms with Crippen molar-refractivity contribution in [3.63, 3.8) is 0 Å². The summed E-state index contributed by atoms with van der Waals surface area (Å²) < 4.78 is 13.2. The Labute approximate surface area is 105 Å². The molecule has 0 radical (unpaired) electrons. The highest BCUT2D eigenvalue weighted by Crippen LogP contribution is 2.15. The zero-order chi connectivity index (χ0) is 12.8. The Bertz CT molecular complexity index is 453. The third-order valence-electron chi connectivity index (χ3n) is 2.37. The van der Waals surface area contributed by atoms with Crippen LogP contribution in [-0.4, -0.2) is 11.9 Å². The number of terminal acetylenes is 1. The van der Waals surface area contributed by atoms with Crippen molar-refractivity contribution in [2.45, 2.75) is 25.8 Å². The molecule has 0 spiro atoms. The van der Waals surface area contributed by atoms with Gasteiger partial charge in [0.05, 0.1) is 5.02 Å². The highest BCUT2D eigenvalue weighted by molar-refractivity contribution is 6.30. The smallest absolute Gasteiger partial charge is 0.251 e. The van der Waals surface area contributed by atoms with Gasteiger partial charge in [-0.1, -0.05) is 18.5 Å². The van der Waals surface area contributed by atoms with E-state index in [0.29, 0.717) is 6.42 Å². The molecule has 2 nitrogen and oxygen atoms in total. The first-order valence-electron chi connectivity index (χ1n) is 5.27. The molecule has 90 valence electrons. The first-order chi connectivity index (χ1) is 8.08. The molecule has 0 saturated carbocycles. The lowest BCUT2D eigenvalue weighted by molar-refractivity contribution is 0.0936. The Balaban J connectivity index is 2.76. The largest absolute Gasteiger partial charge is 0.348 e. The predicted molar refractivity (Wildman–Crippen MR) is 66.4 cm³/mol. The molecule has 1 unspecified atom stereocenters. The molecule has 0 heterocycles. The van der Waals surface area contributed by atoms with Crippen LogP contribution in [0.15, 0.2) is 18.2 Å². The lowest BCUT2D eigenvalue weighted by Gasteiger charge is -2.14. The van der Waals surface area contributed by atoms with Crippen molar-refractivity contribution < 1.29 is 9.18 Å². The fraction of sp³-hybridized carbons (Fsp3) is 0.308. The molecule has 1 N–H and O–H groups in total. The second kappa shape index (κ2) is 6.27. The summed E-state index contributed by atoms with van der Waals surface area (Å²) in [5.74, 6) is 1.53. The minimum atomic E-state index is -0.607. The van der Waals surface area contributed by atoms with Gasteiger partial charge in [0.2, 0.25) is 0 Å². The zero-order valence-electron chi connectivity index (χ0n) is 9.47. The summed E-state index contributed by atoms with van der Waals surface area (Å²) in [6.45, 7) is 1.92. The average molecular weight is 254 g/mol. The monoisotopic (exact) mass is 253 g/mol. The third kappa shape index (κ3) is 3.76. The molecule has 0 aliphatic carbocycles. The van der Waals surface area contributed by atoms with Gasteiger partial charge in [-0.3, -0.25) is 4.79 Å². The van der Waals surface area contributed by atoms with E-state index in [2.05, 4.69) is 11.2 Å². The van der Waals surface area contributed by atoms with Gasteiger partial charge in [-0.05, 0) is 24.6 Å². The van der Waals surface area contributed by atoms with Crippen LogP contribution in [0.25, 0.3) is 0 Å². The van der Waals surface area contributed by atoms with E-state index in [1.54, 1.807) is 0 Å². The van der Waals surface area contributed by atoms with E-state index >= 15 is 0 Å². The number of benzene rings is 1. The van der Waals surface area contributed by atoms with Crippen molar-refractivity contribution in [3.8, 4) is 12.3 Å². The van der Waals surface area contributed by atoms with Gasteiger partial charge in [0.1, 0.15) is 5.82 Å². The van der Waals surface area contributed by atoms with E-state index < -0.39 is 5.82 Å². The summed E-state index contributed by atoms with van der Waals surface area (Å²) in [6, 6.07) is 3.85. The molecule has 0 bridgehead atoms. The van der Waals surface area contributed by atoms with Crippen LogP contribution in [-0.2, 0) is 0 Å². The number of rotatable bonds is 4. The molecule has 1 aromatic rings. The number of hydrogen-bond donors (Lipinski definition) is 1. The van der Waals surface area contributed by atoms with Crippen LogP contribution in [0.2, 0.25) is 5.02 Å². The second-order valence-electron chi connectivity index (χ2n) is 3.62. The Morgan fingerprint density at radius 3 is 2.88 bits per heavy atom. The molecule has 1 atom stereocenters. The fourth-order valence-corrected chi connectivity index (χ4v) is 1.46. The highest BCUT2D eigenvalue weighted by Gasteiger charge is 2.12. The van der Waals surface area contributed by atoms with Crippen LogP contribution in [0.3, 0.4) is 0 Å². The van der Waals surface area contributed by atoms with E-state index in [-0.39, 0.29) is 22.5 Å². The predicted octanol–water partition coefficient (Wildman–Crippen LogP) is 3.01. The molecule has 1 rings (SSSR count). The van der Waals surface area contributed by atoms with Gasteiger partial charge in [0.25, 0.3) is 5.91 Å². The lowest BCUT2D eigenvalue weighted by atomic mass is 10.1. The van der Waals surface area contributed by atoms with Crippen molar-refractivity contribution in [2.75, 3.05) is 0 Å². The molecule has 0 saturated heterocycles. The first-order valence-corrected chi connectivity index (χ1v) is 5.65. The number of hydrogen-bond acceptors (Lipinski definition) is 1. The Kier molecular flexibility index (Phi) is 4.99. The molecule has 1 aromatic carbocycles. The SMILES string of the molecule is C#CCC(CC)NC(=O)c1ccc(Cl)c(F)c1. The van der Waals surface area contributed by atoms with Crippen LogP contribution < -0.4 is 5.32 Å². The molecule has 4 heteroatoms. The summed E-state index contributed by atoms with van der Waals surface area (Å²) in [6.07, 6.45) is 6.37. The molecule has 17 heavy (non-hydrogen) atoms. The summed E-state index contributed by atoms with van der Waals surface area (Å²) in [5.41, 5.74) is 0.238. The van der Waals surface area contributed by atoms with E-state index in [4.69, 9.17) is 18.0 Å². The molecule has 0 aliphatic heterocycles. The summed E-state index contributed by atoms with van der Waals surface area (Å²) in [5, 5.41) is 2.74. The van der Waals surface area contributed by atoms with Crippen molar-refractivity contribution in [2.24, 2.45) is 0 Å². The molecule has 1 amide bonds.